The van der Waals surface area contributed by atoms with Crippen molar-refractivity contribution >= 4 is 33.5 Å². The zero-order valence-corrected chi connectivity index (χ0v) is 12.3. The van der Waals surface area contributed by atoms with Crippen molar-refractivity contribution in [3.8, 4) is 0 Å². The summed E-state index contributed by atoms with van der Waals surface area (Å²) in [6, 6.07) is 1.99. The molecular formula is C14H14N6S. The van der Waals surface area contributed by atoms with Gasteiger partial charge in [0.2, 0.25) is 0 Å². The SMILES string of the molecule is Cc1c[nH]c2ncnc(N3C=C(c4cc[nH]n4)SCC3)c12. The first-order valence-corrected chi connectivity index (χ1v) is 7.71. The third-order valence-electron chi connectivity index (χ3n) is 3.54. The molecule has 0 spiro atoms. The largest absolute Gasteiger partial charge is 0.346 e. The second-order valence-corrected chi connectivity index (χ2v) is 6.02. The van der Waals surface area contributed by atoms with Crippen LogP contribution in [0.5, 0.6) is 0 Å². The summed E-state index contributed by atoms with van der Waals surface area (Å²) in [5.74, 6) is 1.96. The molecule has 2 N–H and O–H groups in total. The lowest BCUT2D eigenvalue weighted by molar-refractivity contribution is 0.984. The average molecular weight is 298 g/mol. The van der Waals surface area contributed by atoms with Gasteiger partial charge < -0.3 is 9.88 Å². The van der Waals surface area contributed by atoms with Crippen LogP contribution in [0, 0.1) is 6.92 Å². The average Bonchev–Trinajstić information content (AvgIpc) is 3.18. The first-order valence-electron chi connectivity index (χ1n) is 6.73. The minimum absolute atomic E-state index is 0.880. The highest BCUT2D eigenvalue weighted by Gasteiger charge is 2.19. The van der Waals surface area contributed by atoms with Crippen LogP contribution in [-0.2, 0) is 0 Å². The Labute approximate surface area is 125 Å². The van der Waals surface area contributed by atoms with E-state index in [0.29, 0.717) is 0 Å². The van der Waals surface area contributed by atoms with Crippen molar-refractivity contribution in [3.05, 3.63) is 42.2 Å². The number of rotatable bonds is 2. The van der Waals surface area contributed by atoms with Crippen LogP contribution in [-0.4, -0.2) is 37.4 Å². The molecule has 0 radical (unpaired) electrons. The maximum absolute atomic E-state index is 4.49. The van der Waals surface area contributed by atoms with Crippen LogP contribution < -0.4 is 4.90 Å². The number of hydrogen-bond acceptors (Lipinski definition) is 5. The zero-order valence-electron chi connectivity index (χ0n) is 11.5. The van der Waals surface area contributed by atoms with Gasteiger partial charge in [-0.15, -0.1) is 11.8 Å². The number of nitrogens with one attached hydrogen (secondary N) is 2. The van der Waals surface area contributed by atoms with Crippen LogP contribution in [0.15, 0.2) is 31.0 Å². The number of hydrogen-bond donors (Lipinski definition) is 2. The summed E-state index contributed by atoms with van der Waals surface area (Å²) in [4.78, 5) is 15.3. The smallest absolute Gasteiger partial charge is 0.145 e. The molecule has 1 aliphatic rings. The number of anilines is 1. The van der Waals surface area contributed by atoms with Crippen LogP contribution in [0.1, 0.15) is 11.3 Å². The van der Waals surface area contributed by atoms with Crippen LogP contribution >= 0.6 is 11.8 Å². The molecule has 0 unspecified atom stereocenters. The van der Waals surface area contributed by atoms with E-state index in [9.17, 15) is 0 Å². The molecule has 0 atom stereocenters. The van der Waals surface area contributed by atoms with Crippen molar-refractivity contribution in [2.75, 3.05) is 17.2 Å². The van der Waals surface area contributed by atoms with E-state index in [0.717, 1.165) is 45.3 Å². The van der Waals surface area contributed by atoms with Gasteiger partial charge in [0.15, 0.2) is 0 Å². The lowest BCUT2D eigenvalue weighted by Gasteiger charge is -2.25. The highest BCUT2D eigenvalue weighted by atomic mass is 32.2. The Morgan fingerprint density at radius 2 is 2.29 bits per heavy atom. The van der Waals surface area contributed by atoms with E-state index in [4.69, 9.17) is 0 Å². The minimum Gasteiger partial charge on any atom is -0.346 e. The molecule has 0 bridgehead atoms. The number of aromatic nitrogens is 5. The highest BCUT2D eigenvalue weighted by Crippen LogP contribution is 2.34. The Balaban J connectivity index is 1.81. The van der Waals surface area contributed by atoms with Gasteiger partial charge >= 0.3 is 0 Å². The molecule has 4 rings (SSSR count). The van der Waals surface area contributed by atoms with Crippen molar-refractivity contribution < 1.29 is 0 Å². The van der Waals surface area contributed by atoms with E-state index < -0.39 is 0 Å². The van der Waals surface area contributed by atoms with Crippen molar-refractivity contribution in [2.45, 2.75) is 6.92 Å². The fourth-order valence-electron chi connectivity index (χ4n) is 2.52. The molecule has 1 aliphatic heterocycles. The van der Waals surface area contributed by atoms with Gasteiger partial charge in [-0.05, 0) is 18.6 Å². The summed E-state index contributed by atoms with van der Waals surface area (Å²) in [5.41, 5.74) is 3.01. The van der Waals surface area contributed by atoms with Gasteiger partial charge in [0, 0.05) is 30.9 Å². The van der Waals surface area contributed by atoms with Crippen LogP contribution in [0.4, 0.5) is 5.82 Å². The Hall–Kier alpha value is -2.28. The predicted octanol–water partition coefficient (Wildman–Crippen LogP) is 2.54. The zero-order chi connectivity index (χ0) is 14.2. The topological polar surface area (TPSA) is 73.5 Å². The molecule has 0 aliphatic carbocycles. The van der Waals surface area contributed by atoms with Gasteiger partial charge in [-0.3, -0.25) is 5.10 Å². The predicted molar refractivity (Wildman–Crippen MR) is 85.0 cm³/mol. The van der Waals surface area contributed by atoms with Gasteiger partial charge in [-0.25, -0.2) is 9.97 Å². The lowest BCUT2D eigenvalue weighted by atomic mass is 10.2. The highest BCUT2D eigenvalue weighted by molar-refractivity contribution is 8.08. The monoisotopic (exact) mass is 298 g/mol. The molecule has 0 aromatic carbocycles. The molecule has 3 aromatic rings. The van der Waals surface area contributed by atoms with Crippen molar-refractivity contribution in [3.63, 3.8) is 0 Å². The van der Waals surface area contributed by atoms with E-state index in [2.05, 4.69) is 43.2 Å². The van der Waals surface area contributed by atoms with Crippen LogP contribution in [0.25, 0.3) is 15.9 Å². The summed E-state index contributed by atoms with van der Waals surface area (Å²) >= 11 is 1.82. The van der Waals surface area contributed by atoms with Gasteiger partial charge in [0.05, 0.1) is 16.0 Å². The van der Waals surface area contributed by atoms with Gasteiger partial charge in [0.25, 0.3) is 0 Å². The summed E-state index contributed by atoms with van der Waals surface area (Å²) < 4.78 is 0. The van der Waals surface area contributed by atoms with E-state index in [1.165, 1.54) is 0 Å². The lowest BCUT2D eigenvalue weighted by Crippen LogP contribution is -2.24. The molecular weight excluding hydrogens is 284 g/mol. The first kappa shape index (κ1) is 12.5. The van der Waals surface area contributed by atoms with E-state index in [1.807, 2.05) is 30.2 Å². The number of aromatic amines is 2. The van der Waals surface area contributed by atoms with E-state index in [1.54, 1.807) is 6.33 Å². The third kappa shape index (κ3) is 2.09. The van der Waals surface area contributed by atoms with Crippen molar-refractivity contribution in [1.82, 2.24) is 25.1 Å². The maximum atomic E-state index is 4.49. The number of aryl methyl sites for hydroxylation is 1. The summed E-state index contributed by atoms with van der Waals surface area (Å²) in [6.07, 6.45) is 7.55. The molecule has 21 heavy (non-hydrogen) atoms. The maximum Gasteiger partial charge on any atom is 0.145 e. The fraction of sp³-hybridized carbons (Fsp3) is 0.214. The Morgan fingerprint density at radius 1 is 1.33 bits per heavy atom. The molecule has 3 aromatic heterocycles. The normalized spacial score (nSPS) is 15.5. The summed E-state index contributed by atoms with van der Waals surface area (Å²) in [5, 5.41) is 8.21. The molecule has 106 valence electrons. The van der Waals surface area contributed by atoms with Gasteiger partial charge in [-0.2, -0.15) is 5.10 Å². The minimum atomic E-state index is 0.880. The van der Waals surface area contributed by atoms with Gasteiger partial charge in [-0.1, -0.05) is 0 Å². The number of nitrogens with zero attached hydrogens (tertiary/aromatic N) is 4. The Kier molecular flexibility index (Phi) is 2.92. The Morgan fingerprint density at radius 3 is 3.14 bits per heavy atom. The number of H-pyrrole nitrogens is 2. The molecule has 7 heteroatoms. The van der Waals surface area contributed by atoms with Crippen molar-refractivity contribution in [2.24, 2.45) is 0 Å². The summed E-state index contributed by atoms with van der Waals surface area (Å²) in [7, 11) is 0. The standard InChI is InChI=1S/C14H14N6S/c1-9-6-15-13-12(9)14(17-8-16-13)20-4-5-21-11(7-20)10-2-3-18-19-10/h2-3,6-8H,4-5H2,1H3,(H,18,19)(H,15,16,17). The quantitative estimate of drug-likeness (QED) is 0.760. The fourth-order valence-corrected chi connectivity index (χ4v) is 3.49. The molecule has 0 amide bonds. The van der Waals surface area contributed by atoms with E-state index >= 15 is 0 Å². The molecule has 4 heterocycles. The molecule has 0 saturated heterocycles. The molecule has 0 saturated carbocycles. The molecule has 6 nitrogen and oxygen atoms in total. The third-order valence-corrected chi connectivity index (χ3v) is 4.55. The Bertz CT molecular complexity index is 804. The second-order valence-electron chi connectivity index (χ2n) is 4.89. The summed E-state index contributed by atoms with van der Waals surface area (Å²) in [6.45, 7) is 3.00. The van der Waals surface area contributed by atoms with E-state index in [-0.39, 0.29) is 0 Å². The number of fused-ring (bicyclic) bond motifs is 1. The number of thioether (sulfide) groups is 1. The van der Waals surface area contributed by atoms with Crippen LogP contribution in [0.3, 0.4) is 0 Å². The van der Waals surface area contributed by atoms with Crippen LogP contribution in [0.2, 0.25) is 0 Å². The first-order chi connectivity index (χ1) is 10.3. The van der Waals surface area contributed by atoms with Gasteiger partial charge in [0.1, 0.15) is 17.8 Å². The second kappa shape index (κ2) is 4.92. The molecule has 0 fully saturated rings. The van der Waals surface area contributed by atoms with Crippen molar-refractivity contribution in [1.29, 1.82) is 0 Å².